The van der Waals surface area contributed by atoms with Gasteiger partial charge in [0.25, 0.3) is 0 Å². The summed E-state index contributed by atoms with van der Waals surface area (Å²) in [7, 11) is 0. The Morgan fingerprint density at radius 1 is 1.35 bits per heavy atom. The zero-order valence-electron chi connectivity index (χ0n) is 10.1. The quantitative estimate of drug-likeness (QED) is 0.818. The van der Waals surface area contributed by atoms with E-state index in [9.17, 15) is 13.6 Å². The number of carboxylic acid groups (broad SMARTS) is 1. The third kappa shape index (κ3) is 2.34. The zero-order chi connectivity index (χ0) is 15.0. The number of nitrogens with two attached hydrogens (primary N) is 1. The number of halogens is 3. The Kier molecular flexibility index (Phi) is 3.67. The maximum atomic E-state index is 13.5. The average molecular weight is 344 g/mol. The highest BCUT2D eigenvalue weighted by Gasteiger charge is 2.19. The standard InChI is InChI=1S/C12H8BrF2N3O2/c1-4-7(12(19)20)10(16)18-11(17-4)5-2-3-6(14)9(15)8(5)13/h2-3H,1H3,(H,19,20)(H2,16,17,18). The number of anilines is 1. The Balaban J connectivity index is 2.66. The topological polar surface area (TPSA) is 89.1 Å². The number of nitrogens with zero attached hydrogens (tertiary/aromatic N) is 2. The molecule has 8 heteroatoms. The minimum atomic E-state index is -1.25. The lowest BCUT2D eigenvalue weighted by Crippen LogP contribution is -2.10. The number of nitrogen functional groups attached to an aromatic ring is 1. The van der Waals surface area contributed by atoms with E-state index in [2.05, 4.69) is 25.9 Å². The van der Waals surface area contributed by atoms with Crippen molar-refractivity contribution < 1.29 is 18.7 Å². The molecule has 0 spiro atoms. The van der Waals surface area contributed by atoms with Crippen molar-refractivity contribution in [1.82, 2.24) is 9.97 Å². The fourth-order valence-electron chi connectivity index (χ4n) is 1.68. The first kappa shape index (κ1) is 14.3. The number of hydrogen-bond donors (Lipinski definition) is 2. The van der Waals surface area contributed by atoms with Crippen LogP contribution in [0.5, 0.6) is 0 Å². The summed E-state index contributed by atoms with van der Waals surface area (Å²) in [6.07, 6.45) is 0. The molecule has 20 heavy (non-hydrogen) atoms. The lowest BCUT2D eigenvalue weighted by molar-refractivity contribution is 0.0696. The van der Waals surface area contributed by atoms with Crippen molar-refractivity contribution in [3.8, 4) is 11.4 Å². The maximum absolute atomic E-state index is 13.5. The largest absolute Gasteiger partial charge is 0.477 e. The second kappa shape index (κ2) is 5.12. The number of aryl methyl sites for hydroxylation is 1. The Labute approximate surface area is 120 Å². The molecular formula is C12H8BrF2N3O2. The van der Waals surface area contributed by atoms with Gasteiger partial charge in [0.1, 0.15) is 11.4 Å². The van der Waals surface area contributed by atoms with Crippen LogP contribution in [0.15, 0.2) is 16.6 Å². The minimum absolute atomic E-state index is 0.00998. The van der Waals surface area contributed by atoms with Crippen molar-refractivity contribution in [1.29, 1.82) is 0 Å². The maximum Gasteiger partial charge on any atom is 0.341 e. The van der Waals surface area contributed by atoms with Gasteiger partial charge in [-0.05, 0) is 35.0 Å². The molecule has 2 rings (SSSR count). The van der Waals surface area contributed by atoms with Gasteiger partial charge in [0.05, 0.1) is 10.2 Å². The van der Waals surface area contributed by atoms with Gasteiger partial charge in [-0.1, -0.05) is 0 Å². The van der Waals surface area contributed by atoms with Crippen LogP contribution in [0.2, 0.25) is 0 Å². The highest BCUT2D eigenvalue weighted by atomic mass is 79.9. The van der Waals surface area contributed by atoms with Gasteiger partial charge in [0.2, 0.25) is 0 Å². The van der Waals surface area contributed by atoms with Gasteiger partial charge in [0, 0.05) is 5.56 Å². The summed E-state index contributed by atoms with van der Waals surface area (Å²) < 4.78 is 26.4. The summed E-state index contributed by atoms with van der Waals surface area (Å²) in [4.78, 5) is 18.8. The summed E-state index contributed by atoms with van der Waals surface area (Å²) >= 11 is 2.91. The number of aromatic carboxylic acids is 1. The molecule has 104 valence electrons. The zero-order valence-corrected chi connectivity index (χ0v) is 11.7. The van der Waals surface area contributed by atoms with Crippen LogP contribution in [0.25, 0.3) is 11.4 Å². The second-order valence-corrected chi connectivity index (χ2v) is 4.71. The van der Waals surface area contributed by atoms with Crippen molar-refractivity contribution in [2.24, 2.45) is 0 Å². The van der Waals surface area contributed by atoms with Crippen LogP contribution in [-0.2, 0) is 0 Å². The van der Waals surface area contributed by atoms with Crippen LogP contribution in [0.3, 0.4) is 0 Å². The van der Waals surface area contributed by atoms with Crippen molar-refractivity contribution in [3.63, 3.8) is 0 Å². The molecule has 2 aromatic rings. The van der Waals surface area contributed by atoms with E-state index >= 15 is 0 Å². The van der Waals surface area contributed by atoms with Crippen LogP contribution in [0.1, 0.15) is 16.1 Å². The first-order chi connectivity index (χ1) is 9.32. The van der Waals surface area contributed by atoms with E-state index < -0.39 is 17.6 Å². The Hall–Kier alpha value is -2.09. The molecule has 1 aromatic heterocycles. The summed E-state index contributed by atoms with van der Waals surface area (Å²) in [6, 6.07) is 2.20. The Bertz CT molecular complexity index is 699. The highest BCUT2D eigenvalue weighted by molar-refractivity contribution is 9.10. The number of carboxylic acids is 1. The molecule has 1 heterocycles. The third-order valence-corrected chi connectivity index (χ3v) is 3.38. The molecule has 0 saturated carbocycles. The smallest absolute Gasteiger partial charge is 0.341 e. The van der Waals surface area contributed by atoms with Gasteiger partial charge in [0.15, 0.2) is 17.5 Å². The lowest BCUT2D eigenvalue weighted by atomic mass is 10.1. The molecule has 0 aliphatic heterocycles. The number of aromatic nitrogens is 2. The van der Waals surface area contributed by atoms with E-state index in [1.165, 1.54) is 13.0 Å². The number of carbonyl (C=O) groups is 1. The van der Waals surface area contributed by atoms with E-state index in [1.807, 2.05) is 0 Å². The average Bonchev–Trinajstić information content (AvgIpc) is 2.34. The fraction of sp³-hybridized carbons (Fsp3) is 0.0833. The van der Waals surface area contributed by atoms with Gasteiger partial charge in [-0.3, -0.25) is 0 Å². The van der Waals surface area contributed by atoms with Crippen LogP contribution in [0, 0.1) is 18.6 Å². The summed E-state index contributed by atoms with van der Waals surface area (Å²) in [6.45, 7) is 1.44. The van der Waals surface area contributed by atoms with Crippen molar-refractivity contribution >= 4 is 27.7 Å². The van der Waals surface area contributed by atoms with Gasteiger partial charge in [-0.25, -0.2) is 23.5 Å². The molecule has 0 unspecified atom stereocenters. The van der Waals surface area contributed by atoms with Gasteiger partial charge >= 0.3 is 5.97 Å². The van der Waals surface area contributed by atoms with Crippen LogP contribution < -0.4 is 5.73 Å². The summed E-state index contributed by atoms with van der Waals surface area (Å²) in [5.74, 6) is -3.58. The molecule has 0 bridgehead atoms. The lowest BCUT2D eigenvalue weighted by Gasteiger charge is -2.09. The third-order valence-electron chi connectivity index (χ3n) is 2.61. The predicted molar refractivity (Wildman–Crippen MR) is 71.2 cm³/mol. The van der Waals surface area contributed by atoms with E-state index in [4.69, 9.17) is 10.8 Å². The van der Waals surface area contributed by atoms with Crippen molar-refractivity contribution in [2.75, 3.05) is 5.73 Å². The first-order valence-electron chi connectivity index (χ1n) is 5.34. The SMILES string of the molecule is Cc1nc(-c2ccc(F)c(F)c2Br)nc(N)c1C(=O)O. The number of rotatable bonds is 2. The summed E-state index contributed by atoms with van der Waals surface area (Å²) in [5, 5.41) is 8.96. The Morgan fingerprint density at radius 3 is 2.55 bits per heavy atom. The predicted octanol–water partition coefficient (Wildman–Crippen LogP) is 2.77. The van der Waals surface area contributed by atoms with Gasteiger partial charge < -0.3 is 10.8 Å². The molecule has 5 nitrogen and oxygen atoms in total. The van der Waals surface area contributed by atoms with Gasteiger partial charge in [-0.2, -0.15) is 0 Å². The highest BCUT2D eigenvalue weighted by Crippen LogP contribution is 2.30. The molecule has 1 aromatic carbocycles. The van der Waals surface area contributed by atoms with E-state index in [0.717, 1.165) is 6.07 Å². The number of hydrogen-bond acceptors (Lipinski definition) is 4. The molecule has 0 aliphatic rings. The second-order valence-electron chi connectivity index (χ2n) is 3.92. The molecule has 0 radical (unpaired) electrons. The fourth-order valence-corrected chi connectivity index (χ4v) is 2.18. The molecular weight excluding hydrogens is 336 g/mol. The molecule has 3 N–H and O–H groups in total. The van der Waals surface area contributed by atoms with E-state index in [-0.39, 0.29) is 32.9 Å². The molecule has 0 aliphatic carbocycles. The molecule has 0 saturated heterocycles. The van der Waals surface area contributed by atoms with Crippen molar-refractivity contribution in [2.45, 2.75) is 6.92 Å². The number of benzene rings is 1. The van der Waals surface area contributed by atoms with E-state index in [1.54, 1.807) is 0 Å². The van der Waals surface area contributed by atoms with E-state index in [0.29, 0.717) is 0 Å². The van der Waals surface area contributed by atoms with Crippen LogP contribution in [-0.4, -0.2) is 21.0 Å². The Morgan fingerprint density at radius 2 is 2.00 bits per heavy atom. The van der Waals surface area contributed by atoms with Gasteiger partial charge in [-0.15, -0.1) is 0 Å². The van der Waals surface area contributed by atoms with Crippen molar-refractivity contribution in [3.05, 3.63) is 39.5 Å². The minimum Gasteiger partial charge on any atom is -0.477 e. The normalized spacial score (nSPS) is 10.6. The van der Waals surface area contributed by atoms with Crippen LogP contribution in [0.4, 0.5) is 14.6 Å². The molecule has 0 amide bonds. The first-order valence-corrected chi connectivity index (χ1v) is 6.13. The summed E-state index contributed by atoms with van der Waals surface area (Å²) in [5.41, 5.74) is 5.66. The molecule has 0 fully saturated rings. The monoisotopic (exact) mass is 343 g/mol. The molecule has 0 atom stereocenters. The van der Waals surface area contributed by atoms with Crippen LogP contribution >= 0.6 is 15.9 Å².